The number of hydrogen-bond acceptors (Lipinski definition) is 1. The zero-order valence-electron chi connectivity index (χ0n) is 37.5. The van der Waals surface area contributed by atoms with Crippen LogP contribution in [0.1, 0.15) is 0 Å². The predicted octanol–water partition coefficient (Wildman–Crippen LogP) is 18.3. The van der Waals surface area contributed by atoms with E-state index in [0.29, 0.717) is 0 Å². The quantitative estimate of drug-likeness (QED) is 0.133. The molecule has 0 saturated heterocycles. The number of anilines is 3. The third-order valence-corrected chi connectivity index (χ3v) is 13.3. The Bertz CT molecular complexity index is 3630. The van der Waals surface area contributed by atoms with Crippen LogP contribution in [-0.4, -0.2) is 4.57 Å². The maximum atomic E-state index is 2.43. The lowest BCUT2D eigenvalue weighted by atomic mass is 9.84. The van der Waals surface area contributed by atoms with Crippen molar-refractivity contribution in [3.05, 3.63) is 279 Å². The van der Waals surface area contributed by atoms with Crippen molar-refractivity contribution in [2.75, 3.05) is 4.90 Å². The van der Waals surface area contributed by atoms with Crippen molar-refractivity contribution in [3.63, 3.8) is 0 Å². The molecule has 0 fully saturated rings. The molecule has 12 rings (SSSR count). The molecule has 0 aliphatic rings. The number of aromatic nitrogens is 1. The molecule has 11 aromatic carbocycles. The van der Waals surface area contributed by atoms with Crippen LogP contribution >= 0.6 is 0 Å². The number of fused-ring (bicyclic) bond motifs is 3. The van der Waals surface area contributed by atoms with Gasteiger partial charge in [0.15, 0.2) is 0 Å². The Balaban J connectivity index is 1.04. The van der Waals surface area contributed by atoms with E-state index in [4.69, 9.17) is 0 Å². The first-order valence-electron chi connectivity index (χ1n) is 23.3. The van der Waals surface area contributed by atoms with Gasteiger partial charge in [0.25, 0.3) is 0 Å². The average Bonchev–Trinajstić information content (AvgIpc) is 3.76. The molecule has 0 amide bonds. The molecule has 0 aliphatic carbocycles. The summed E-state index contributed by atoms with van der Waals surface area (Å²) in [6.07, 6.45) is 0. The van der Waals surface area contributed by atoms with E-state index in [1.54, 1.807) is 0 Å². The first-order chi connectivity index (χ1) is 33.8. The van der Waals surface area contributed by atoms with Crippen molar-refractivity contribution in [2.45, 2.75) is 0 Å². The van der Waals surface area contributed by atoms with E-state index in [9.17, 15) is 0 Å². The van der Waals surface area contributed by atoms with Gasteiger partial charge in [0, 0.05) is 33.4 Å². The van der Waals surface area contributed by atoms with E-state index >= 15 is 0 Å². The van der Waals surface area contributed by atoms with Gasteiger partial charge in [0.2, 0.25) is 0 Å². The second kappa shape index (κ2) is 17.8. The minimum atomic E-state index is 1.06. The Kier molecular flexibility index (Phi) is 10.6. The van der Waals surface area contributed by atoms with E-state index in [2.05, 4.69) is 289 Å². The number of para-hydroxylation sites is 3. The Morgan fingerprint density at radius 1 is 0.235 bits per heavy atom. The normalized spacial score (nSPS) is 11.2. The average molecular weight is 867 g/mol. The minimum absolute atomic E-state index is 1.06. The number of rotatable bonds is 10. The number of benzene rings is 11. The highest BCUT2D eigenvalue weighted by Crippen LogP contribution is 2.48. The van der Waals surface area contributed by atoms with Crippen molar-refractivity contribution in [1.82, 2.24) is 4.57 Å². The second-order valence-electron chi connectivity index (χ2n) is 17.2. The summed E-state index contributed by atoms with van der Waals surface area (Å²) in [6, 6.07) is 101. The van der Waals surface area contributed by atoms with Crippen LogP contribution in [-0.2, 0) is 0 Å². The van der Waals surface area contributed by atoms with Gasteiger partial charge in [-0.2, -0.15) is 0 Å². The summed E-state index contributed by atoms with van der Waals surface area (Å²) in [7, 11) is 0. The molecule has 0 atom stereocenters. The van der Waals surface area contributed by atoms with Crippen molar-refractivity contribution < 1.29 is 0 Å². The molecular formula is C66H46N2. The molecule has 0 N–H and O–H groups in total. The first-order valence-corrected chi connectivity index (χ1v) is 23.3. The van der Waals surface area contributed by atoms with Crippen LogP contribution in [0, 0.1) is 0 Å². The molecule has 1 heterocycles. The van der Waals surface area contributed by atoms with Crippen LogP contribution in [0.25, 0.3) is 94.3 Å². The molecule has 0 unspecified atom stereocenters. The van der Waals surface area contributed by atoms with Crippen molar-refractivity contribution in [3.8, 4) is 72.4 Å². The van der Waals surface area contributed by atoms with Gasteiger partial charge in [0.1, 0.15) is 0 Å². The van der Waals surface area contributed by atoms with E-state index < -0.39 is 0 Å². The molecular weight excluding hydrogens is 821 g/mol. The van der Waals surface area contributed by atoms with E-state index in [1.807, 2.05) is 0 Å². The SMILES string of the molecule is c1ccc(-c2ccc(-c3ccc(N(c4ccc(-n5c6ccccc6c6ccccc65)cc4)c4ccccc4-c4cccc(-c5ccccc5)c4-c4ccccc4-c4ccccc4)cc3)cc2)cc1. The molecule has 2 nitrogen and oxygen atoms in total. The van der Waals surface area contributed by atoms with Gasteiger partial charge in [-0.05, 0) is 116 Å². The summed E-state index contributed by atoms with van der Waals surface area (Å²) >= 11 is 0. The molecule has 0 aliphatic heterocycles. The molecule has 1 aromatic heterocycles. The topological polar surface area (TPSA) is 8.17 Å². The summed E-state index contributed by atoms with van der Waals surface area (Å²) in [5, 5.41) is 2.50. The van der Waals surface area contributed by atoms with E-state index in [-0.39, 0.29) is 0 Å². The van der Waals surface area contributed by atoms with Gasteiger partial charge in [-0.25, -0.2) is 0 Å². The molecule has 2 heteroatoms. The largest absolute Gasteiger partial charge is 0.310 e. The van der Waals surface area contributed by atoms with E-state index in [0.717, 1.165) is 33.9 Å². The summed E-state index contributed by atoms with van der Waals surface area (Å²) in [5.74, 6) is 0. The van der Waals surface area contributed by atoms with Crippen LogP contribution in [0.15, 0.2) is 279 Å². The van der Waals surface area contributed by atoms with Crippen LogP contribution < -0.4 is 4.90 Å². The van der Waals surface area contributed by atoms with Crippen molar-refractivity contribution in [2.24, 2.45) is 0 Å². The molecule has 68 heavy (non-hydrogen) atoms. The maximum absolute atomic E-state index is 2.43. The molecule has 320 valence electrons. The third-order valence-electron chi connectivity index (χ3n) is 13.3. The fraction of sp³-hybridized carbons (Fsp3) is 0. The van der Waals surface area contributed by atoms with Gasteiger partial charge in [-0.1, -0.05) is 224 Å². The van der Waals surface area contributed by atoms with Gasteiger partial charge in [-0.3, -0.25) is 0 Å². The molecule has 0 spiro atoms. The maximum Gasteiger partial charge on any atom is 0.0541 e. The summed E-state index contributed by atoms with van der Waals surface area (Å²) in [6.45, 7) is 0. The molecule has 0 radical (unpaired) electrons. The lowest BCUT2D eigenvalue weighted by Gasteiger charge is -2.29. The summed E-state index contributed by atoms with van der Waals surface area (Å²) < 4.78 is 2.39. The summed E-state index contributed by atoms with van der Waals surface area (Å²) in [5.41, 5.74) is 20.9. The van der Waals surface area contributed by atoms with Gasteiger partial charge >= 0.3 is 0 Å². The van der Waals surface area contributed by atoms with Crippen LogP contribution in [0.3, 0.4) is 0 Å². The fourth-order valence-electron chi connectivity index (χ4n) is 10.1. The van der Waals surface area contributed by atoms with Crippen LogP contribution in [0.4, 0.5) is 17.1 Å². The highest BCUT2D eigenvalue weighted by atomic mass is 15.1. The Morgan fingerprint density at radius 3 is 1.19 bits per heavy atom. The smallest absolute Gasteiger partial charge is 0.0541 e. The van der Waals surface area contributed by atoms with Crippen LogP contribution in [0.5, 0.6) is 0 Å². The lowest BCUT2D eigenvalue weighted by Crippen LogP contribution is -2.11. The number of hydrogen-bond donors (Lipinski definition) is 0. The van der Waals surface area contributed by atoms with Crippen molar-refractivity contribution in [1.29, 1.82) is 0 Å². The lowest BCUT2D eigenvalue weighted by molar-refractivity contribution is 1.17. The zero-order valence-corrected chi connectivity index (χ0v) is 37.5. The Labute approximate surface area is 397 Å². The molecule has 0 saturated carbocycles. The predicted molar refractivity (Wildman–Crippen MR) is 288 cm³/mol. The Morgan fingerprint density at radius 2 is 0.618 bits per heavy atom. The fourth-order valence-corrected chi connectivity index (χ4v) is 10.1. The molecule has 12 aromatic rings. The number of nitrogens with zero attached hydrogens (tertiary/aromatic N) is 2. The highest BCUT2D eigenvalue weighted by Gasteiger charge is 2.23. The van der Waals surface area contributed by atoms with Gasteiger partial charge in [0.05, 0.1) is 16.7 Å². The monoisotopic (exact) mass is 866 g/mol. The van der Waals surface area contributed by atoms with Gasteiger partial charge < -0.3 is 9.47 Å². The zero-order chi connectivity index (χ0) is 45.2. The highest BCUT2D eigenvalue weighted by molar-refractivity contribution is 6.09. The second-order valence-corrected chi connectivity index (χ2v) is 17.2. The van der Waals surface area contributed by atoms with Crippen molar-refractivity contribution >= 4 is 38.9 Å². The van der Waals surface area contributed by atoms with Crippen LogP contribution in [0.2, 0.25) is 0 Å². The minimum Gasteiger partial charge on any atom is -0.310 e. The van der Waals surface area contributed by atoms with E-state index in [1.165, 1.54) is 77.4 Å². The summed E-state index contributed by atoms with van der Waals surface area (Å²) in [4.78, 5) is 2.43. The third kappa shape index (κ3) is 7.45. The Hall–Kier alpha value is -8.98. The molecule has 0 bridgehead atoms. The van der Waals surface area contributed by atoms with Gasteiger partial charge in [-0.15, -0.1) is 0 Å². The first kappa shape index (κ1) is 40.5. The standard InChI is InChI=1S/C66H46N2/c1-4-19-47(20-5-1)48-35-37-49(38-36-48)50-39-41-53(42-40-50)67(54-43-45-55(46-44-54)68-64-33-16-12-26-58(64)59-27-13-17-34-65(59)68)63-32-15-14-28-60(63)62-31-18-30-57(52-23-8-3-9-24-52)66(62)61-29-11-10-25-56(61)51-21-6-2-7-22-51/h1-46H.